The number of aryl methyl sites for hydroxylation is 2. The van der Waals surface area contributed by atoms with Crippen LogP contribution in [0.3, 0.4) is 0 Å². The summed E-state index contributed by atoms with van der Waals surface area (Å²) in [6, 6.07) is 7.20. The van der Waals surface area contributed by atoms with Gasteiger partial charge in [0, 0.05) is 13.0 Å². The Kier molecular flexibility index (Phi) is 4.01. The van der Waals surface area contributed by atoms with E-state index in [-0.39, 0.29) is 5.91 Å². The van der Waals surface area contributed by atoms with Crippen LogP contribution in [0.2, 0.25) is 0 Å². The van der Waals surface area contributed by atoms with E-state index in [9.17, 15) is 4.79 Å². The Morgan fingerprint density at radius 3 is 2.78 bits per heavy atom. The summed E-state index contributed by atoms with van der Waals surface area (Å²) < 4.78 is 0. The van der Waals surface area contributed by atoms with Crippen LogP contribution in [0, 0.1) is 35.5 Å². The van der Waals surface area contributed by atoms with E-state index < -0.39 is 0 Å². The average Bonchev–Trinajstić information content (AvgIpc) is 3.41. The number of hydrogen-bond donors (Lipinski definition) is 1. The van der Waals surface area contributed by atoms with Crippen molar-refractivity contribution in [3.05, 3.63) is 34.9 Å². The maximum Gasteiger partial charge on any atom is 0.220 e. The number of rotatable bonds is 3. The first kappa shape index (κ1) is 17.8. The molecule has 3 fully saturated rings. The third kappa shape index (κ3) is 2.47. The van der Waals surface area contributed by atoms with E-state index in [1.165, 1.54) is 50.5 Å². The van der Waals surface area contributed by atoms with Crippen molar-refractivity contribution < 1.29 is 4.79 Å². The van der Waals surface area contributed by atoms with Crippen LogP contribution in [-0.4, -0.2) is 12.5 Å². The number of fused-ring (bicyclic) bond motifs is 6. The van der Waals surface area contributed by atoms with Gasteiger partial charge in [-0.2, -0.15) is 0 Å². The number of carbonyl (C=O) groups is 1. The van der Waals surface area contributed by atoms with Crippen molar-refractivity contribution in [2.24, 2.45) is 28.6 Å². The predicted octanol–water partition coefficient (Wildman–Crippen LogP) is 5.38. The van der Waals surface area contributed by atoms with Gasteiger partial charge in [-0.05, 0) is 104 Å². The molecule has 27 heavy (non-hydrogen) atoms. The summed E-state index contributed by atoms with van der Waals surface area (Å²) in [5.74, 6) is 3.35. The van der Waals surface area contributed by atoms with Crippen LogP contribution in [0.4, 0.5) is 0 Å². The highest BCUT2D eigenvalue weighted by molar-refractivity contribution is 5.76. The molecule has 1 aromatic rings. The first-order chi connectivity index (χ1) is 13.0. The highest BCUT2D eigenvalue weighted by atomic mass is 16.1. The molecule has 4 unspecified atom stereocenters. The zero-order chi connectivity index (χ0) is 18.8. The summed E-state index contributed by atoms with van der Waals surface area (Å²) >= 11 is 0. The van der Waals surface area contributed by atoms with Gasteiger partial charge in [0.05, 0.1) is 0 Å². The minimum Gasteiger partial charge on any atom is -0.356 e. The summed E-state index contributed by atoms with van der Waals surface area (Å²) in [7, 11) is 0. The van der Waals surface area contributed by atoms with Crippen LogP contribution in [0.5, 0.6) is 0 Å². The third-order valence-corrected chi connectivity index (χ3v) is 9.32. The minimum absolute atomic E-state index is 0.289. The summed E-state index contributed by atoms with van der Waals surface area (Å²) in [5.41, 5.74) is 5.66. The second-order valence-electron chi connectivity index (χ2n) is 10.3. The summed E-state index contributed by atoms with van der Waals surface area (Å²) in [6.45, 7) is 7.64. The lowest BCUT2D eigenvalue weighted by atomic mass is 9.53. The molecule has 1 N–H and O–H groups in total. The number of nitrogens with one attached hydrogen (secondary N) is 1. The molecule has 5 atom stereocenters. The Bertz CT molecular complexity index is 764. The van der Waals surface area contributed by atoms with Gasteiger partial charge in [0.15, 0.2) is 0 Å². The van der Waals surface area contributed by atoms with Crippen molar-refractivity contribution >= 4 is 5.91 Å². The second-order valence-corrected chi connectivity index (χ2v) is 10.3. The smallest absolute Gasteiger partial charge is 0.220 e. The van der Waals surface area contributed by atoms with E-state index in [1.54, 1.807) is 11.1 Å². The number of amides is 1. The molecular formula is C25H35NO. The lowest BCUT2D eigenvalue weighted by molar-refractivity contribution is -0.122. The Balaban J connectivity index is 1.44. The van der Waals surface area contributed by atoms with Gasteiger partial charge in [0.1, 0.15) is 0 Å². The molecule has 2 heteroatoms. The number of hydrogen-bond acceptors (Lipinski definition) is 1. The Hall–Kier alpha value is -1.31. The zero-order valence-electron chi connectivity index (χ0n) is 17.3. The molecule has 146 valence electrons. The Morgan fingerprint density at radius 1 is 1.22 bits per heavy atom. The van der Waals surface area contributed by atoms with Crippen molar-refractivity contribution in [1.29, 1.82) is 0 Å². The van der Waals surface area contributed by atoms with Crippen LogP contribution in [0.1, 0.15) is 81.4 Å². The fourth-order valence-corrected chi connectivity index (χ4v) is 7.97. The molecule has 0 saturated heterocycles. The lowest BCUT2D eigenvalue weighted by Gasteiger charge is -2.51. The van der Waals surface area contributed by atoms with Crippen molar-refractivity contribution in [2.45, 2.75) is 78.1 Å². The molecule has 5 rings (SSSR count). The lowest BCUT2D eigenvalue weighted by Crippen LogP contribution is -2.43. The van der Waals surface area contributed by atoms with E-state index in [0.29, 0.717) is 16.7 Å². The SMILES string of the molecule is CCNC(=O)CC1CC2C3CCc4cc(C)ccc4C3CC[C@]2(C)C12CC2. The Morgan fingerprint density at radius 2 is 2.04 bits per heavy atom. The standard InChI is InChI=1S/C25H35NO/c1-4-26-23(27)15-18-14-22-21-8-6-17-13-16(2)5-7-19(17)20(21)9-10-24(22,3)25(18)11-12-25/h5,7,13,18,20-22H,4,6,8-12,14-15H2,1-3H3,(H,26,27)/t18?,20?,21?,22?,24-/m0/s1. The van der Waals surface area contributed by atoms with Crippen LogP contribution in [0.25, 0.3) is 0 Å². The van der Waals surface area contributed by atoms with Gasteiger partial charge in [0.2, 0.25) is 5.91 Å². The van der Waals surface area contributed by atoms with Gasteiger partial charge in [-0.3, -0.25) is 4.79 Å². The molecule has 2 nitrogen and oxygen atoms in total. The van der Waals surface area contributed by atoms with Gasteiger partial charge >= 0.3 is 0 Å². The number of carbonyl (C=O) groups excluding carboxylic acids is 1. The van der Waals surface area contributed by atoms with Crippen molar-refractivity contribution in [3.63, 3.8) is 0 Å². The molecule has 0 radical (unpaired) electrons. The van der Waals surface area contributed by atoms with Crippen LogP contribution >= 0.6 is 0 Å². The van der Waals surface area contributed by atoms with Gasteiger partial charge < -0.3 is 5.32 Å². The quantitative estimate of drug-likeness (QED) is 0.765. The monoisotopic (exact) mass is 365 g/mol. The molecule has 3 saturated carbocycles. The molecule has 0 bridgehead atoms. The molecule has 1 amide bonds. The summed E-state index contributed by atoms with van der Waals surface area (Å²) in [5, 5.41) is 3.07. The van der Waals surface area contributed by atoms with Crippen molar-refractivity contribution in [1.82, 2.24) is 5.32 Å². The van der Waals surface area contributed by atoms with Gasteiger partial charge in [-0.15, -0.1) is 0 Å². The van der Waals surface area contributed by atoms with E-state index >= 15 is 0 Å². The third-order valence-electron chi connectivity index (χ3n) is 9.32. The molecule has 4 aliphatic rings. The largest absolute Gasteiger partial charge is 0.356 e. The highest BCUT2D eigenvalue weighted by Gasteiger charge is 2.70. The predicted molar refractivity (Wildman–Crippen MR) is 110 cm³/mol. The van der Waals surface area contributed by atoms with E-state index in [2.05, 4.69) is 37.4 Å². The van der Waals surface area contributed by atoms with E-state index in [1.807, 2.05) is 6.92 Å². The Labute approximate surface area is 164 Å². The van der Waals surface area contributed by atoms with Gasteiger partial charge in [0.25, 0.3) is 0 Å². The molecule has 0 heterocycles. The van der Waals surface area contributed by atoms with Crippen LogP contribution in [-0.2, 0) is 11.2 Å². The van der Waals surface area contributed by atoms with Crippen molar-refractivity contribution in [2.75, 3.05) is 6.54 Å². The average molecular weight is 366 g/mol. The van der Waals surface area contributed by atoms with Crippen LogP contribution in [0.15, 0.2) is 18.2 Å². The molecule has 4 aliphatic carbocycles. The minimum atomic E-state index is 0.289. The maximum absolute atomic E-state index is 12.4. The fourth-order valence-electron chi connectivity index (χ4n) is 7.97. The zero-order valence-corrected chi connectivity index (χ0v) is 17.3. The second kappa shape index (κ2) is 6.09. The van der Waals surface area contributed by atoms with E-state index in [0.717, 1.165) is 30.7 Å². The summed E-state index contributed by atoms with van der Waals surface area (Å²) in [4.78, 5) is 12.4. The van der Waals surface area contributed by atoms with Gasteiger partial charge in [-0.25, -0.2) is 0 Å². The van der Waals surface area contributed by atoms with E-state index in [4.69, 9.17) is 0 Å². The fraction of sp³-hybridized carbons (Fsp3) is 0.720. The highest BCUT2D eigenvalue weighted by Crippen LogP contribution is 2.78. The van der Waals surface area contributed by atoms with Crippen LogP contribution < -0.4 is 5.32 Å². The maximum atomic E-state index is 12.4. The van der Waals surface area contributed by atoms with Gasteiger partial charge in [-0.1, -0.05) is 30.7 Å². The molecule has 1 aromatic carbocycles. The first-order valence-corrected chi connectivity index (χ1v) is 11.3. The summed E-state index contributed by atoms with van der Waals surface area (Å²) in [6.07, 6.45) is 10.2. The normalized spacial score (nSPS) is 38.0. The van der Waals surface area contributed by atoms with Crippen molar-refractivity contribution in [3.8, 4) is 0 Å². The first-order valence-electron chi connectivity index (χ1n) is 11.3. The molecular weight excluding hydrogens is 330 g/mol. The number of benzene rings is 1. The molecule has 1 spiro atoms. The molecule has 0 aromatic heterocycles. The molecule has 0 aliphatic heterocycles. The topological polar surface area (TPSA) is 29.1 Å².